The van der Waals surface area contributed by atoms with Crippen LogP contribution in [0.5, 0.6) is 0 Å². The number of aliphatic hydroxyl groups is 1. The molecular formula is C19H22N2O5. The van der Waals surface area contributed by atoms with Crippen molar-refractivity contribution in [1.29, 1.82) is 0 Å². The Bertz CT molecular complexity index is 832. The van der Waals surface area contributed by atoms with Crippen LogP contribution in [0, 0.1) is 6.92 Å². The first-order chi connectivity index (χ1) is 12.4. The maximum Gasteiger partial charge on any atom is 0.290 e. The molecule has 3 rings (SSSR count). The SMILES string of the molecule is Cc1ccc([C@H]2C(C(=O)c3ccco3)=C(O)C(=O)N2CCCN(C)C)o1. The molecule has 7 nitrogen and oxygen atoms in total. The van der Waals surface area contributed by atoms with Crippen LogP contribution in [0.25, 0.3) is 0 Å². The van der Waals surface area contributed by atoms with Crippen LogP contribution in [0.15, 0.2) is 50.7 Å². The summed E-state index contributed by atoms with van der Waals surface area (Å²) in [4.78, 5) is 29.0. The average Bonchev–Trinajstić information content (AvgIpc) is 3.30. The molecular weight excluding hydrogens is 336 g/mol. The fourth-order valence-electron chi connectivity index (χ4n) is 3.11. The second kappa shape index (κ2) is 7.21. The predicted octanol–water partition coefficient (Wildman–Crippen LogP) is 2.71. The minimum atomic E-state index is -0.768. The lowest BCUT2D eigenvalue weighted by Crippen LogP contribution is -2.33. The topological polar surface area (TPSA) is 87.1 Å². The van der Waals surface area contributed by atoms with Gasteiger partial charge < -0.3 is 23.7 Å². The van der Waals surface area contributed by atoms with Crippen LogP contribution in [-0.2, 0) is 4.79 Å². The van der Waals surface area contributed by atoms with Crippen LogP contribution in [0.4, 0.5) is 0 Å². The number of aliphatic hydroxyl groups excluding tert-OH is 1. The normalized spacial score (nSPS) is 17.6. The molecule has 138 valence electrons. The molecule has 1 N–H and O–H groups in total. The summed E-state index contributed by atoms with van der Waals surface area (Å²) in [5.41, 5.74) is -0.0100. The number of carbonyl (C=O) groups is 2. The molecule has 1 atom stereocenters. The Balaban J connectivity index is 1.97. The standard InChI is InChI=1S/C19H22N2O5/c1-12-7-8-13(26-12)16-15(17(22)14-6-4-11-25-14)18(23)19(24)21(16)10-5-9-20(2)3/h4,6-8,11,16,23H,5,9-10H2,1-3H3/t16-/m0/s1. The van der Waals surface area contributed by atoms with Gasteiger partial charge in [0.1, 0.15) is 17.6 Å². The Morgan fingerprint density at radius 3 is 2.65 bits per heavy atom. The Labute approximate surface area is 151 Å². The average molecular weight is 358 g/mol. The van der Waals surface area contributed by atoms with E-state index < -0.39 is 23.5 Å². The molecule has 0 fully saturated rings. The van der Waals surface area contributed by atoms with Crippen LogP contribution in [0.3, 0.4) is 0 Å². The summed E-state index contributed by atoms with van der Waals surface area (Å²) in [5.74, 6) is -0.456. The van der Waals surface area contributed by atoms with Crippen LogP contribution < -0.4 is 0 Å². The second-order valence-corrected chi connectivity index (χ2v) is 6.58. The highest BCUT2D eigenvalue weighted by atomic mass is 16.3. The highest BCUT2D eigenvalue weighted by molar-refractivity contribution is 6.14. The molecule has 0 spiro atoms. The fourth-order valence-corrected chi connectivity index (χ4v) is 3.11. The van der Waals surface area contributed by atoms with E-state index in [9.17, 15) is 14.7 Å². The maximum atomic E-state index is 12.8. The Kier molecular flexibility index (Phi) is 4.99. The van der Waals surface area contributed by atoms with Crippen molar-refractivity contribution < 1.29 is 23.5 Å². The molecule has 0 unspecified atom stereocenters. The monoisotopic (exact) mass is 358 g/mol. The quantitative estimate of drug-likeness (QED) is 0.766. The van der Waals surface area contributed by atoms with Gasteiger partial charge in [-0.2, -0.15) is 0 Å². The van der Waals surface area contributed by atoms with Gasteiger partial charge in [0.2, 0.25) is 5.78 Å². The second-order valence-electron chi connectivity index (χ2n) is 6.58. The van der Waals surface area contributed by atoms with Crippen molar-refractivity contribution in [2.45, 2.75) is 19.4 Å². The minimum absolute atomic E-state index is 0.0100. The van der Waals surface area contributed by atoms with E-state index in [0.29, 0.717) is 24.5 Å². The molecule has 1 aliphatic rings. The molecule has 2 aromatic heterocycles. The number of hydrogen-bond donors (Lipinski definition) is 1. The summed E-state index contributed by atoms with van der Waals surface area (Å²) in [6.45, 7) is 2.95. The summed E-state index contributed by atoms with van der Waals surface area (Å²) in [5, 5.41) is 10.4. The van der Waals surface area contributed by atoms with Gasteiger partial charge in [0.15, 0.2) is 11.5 Å². The molecule has 0 saturated heterocycles. The molecule has 26 heavy (non-hydrogen) atoms. The van der Waals surface area contributed by atoms with Gasteiger partial charge in [0, 0.05) is 6.54 Å². The molecule has 1 amide bonds. The van der Waals surface area contributed by atoms with E-state index in [1.165, 1.54) is 17.2 Å². The zero-order valence-corrected chi connectivity index (χ0v) is 15.1. The third-order valence-electron chi connectivity index (χ3n) is 4.33. The van der Waals surface area contributed by atoms with Gasteiger partial charge in [-0.15, -0.1) is 0 Å². The van der Waals surface area contributed by atoms with E-state index in [1.54, 1.807) is 25.1 Å². The summed E-state index contributed by atoms with van der Waals surface area (Å²) < 4.78 is 10.9. The van der Waals surface area contributed by atoms with Crippen molar-refractivity contribution in [3.8, 4) is 0 Å². The van der Waals surface area contributed by atoms with Crippen molar-refractivity contribution in [2.75, 3.05) is 27.2 Å². The largest absolute Gasteiger partial charge is 0.503 e. The van der Waals surface area contributed by atoms with Gasteiger partial charge in [0.05, 0.1) is 11.8 Å². The first-order valence-electron chi connectivity index (χ1n) is 8.43. The third kappa shape index (κ3) is 3.30. The van der Waals surface area contributed by atoms with Gasteiger partial charge in [-0.05, 0) is 58.3 Å². The molecule has 2 aromatic rings. The molecule has 1 aliphatic heterocycles. The molecule has 0 saturated carbocycles. The zero-order valence-electron chi connectivity index (χ0n) is 15.1. The summed E-state index contributed by atoms with van der Waals surface area (Å²) >= 11 is 0. The van der Waals surface area contributed by atoms with E-state index in [2.05, 4.69) is 0 Å². The van der Waals surface area contributed by atoms with E-state index >= 15 is 0 Å². The Morgan fingerprint density at radius 1 is 1.31 bits per heavy atom. The number of amides is 1. The van der Waals surface area contributed by atoms with Gasteiger partial charge in [-0.1, -0.05) is 0 Å². The van der Waals surface area contributed by atoms with Crippen molar-refractivity contribution in [3.63, 3.8) is 0 Å². The predicted molar refractivity (Wildman–Crippen MR) is 93.8 cm³/mol. The van der Waals surface area contributed by atoms with Crippen molar-refractivity contribution in [3.05, 3.63) is 59.1 Å². The first kappa shape index (κ1) is 18.0. The smallest absolute Gasteiger partial charge is 0.290 e. The van der Waals surface area contributed by atoms with E-state index in [0.717, 1.165) is 6.54 Å². The zero-order chi connectivity index (χ0) is 18.8. The van der Waals surface area contributed by atoms with Crippen LogP contribution in [-0.4, -0.2) is 53.8 Å². The van der Waals surface area contributed by atoms with Crippen molar-refractivity contribution in [2.24, 2.45) is 0 Å². The Hall–Kier alpha value is -2.80. The van der Waals surface area contributed by atoms with Crippen molar-refractivity contribution >= 4 is 11.7 Å². The number of Topliss-reactive ketones (excluding diaryl/α,β-unsaturated/α-hetero) is 1. The molecule has 0 radical (unpaired) electrons. The van der Waals surface area contributed by atoms with Gasteiger partial charge in [-0.3, -0.25) is 9.59 Å². The molecule has 0 aliphatic carbocycles. The van der Waals surface area contributed by atoms with Crippen LogP contribution >= 0.6 is 0 Å². The molecule has 0 bridgehead atoms. The Morgan fingerprint density at radius 2 is 2.08 bits per heavy atom. The molecule has 3 heterocycles. The number of aryl methyl sites for hydroxylation is 1. The van der Waals surface area contributed by atoms with Crippen LogP contribution in [0.1, 0.15) is 34.5 Å². The number of carbonyl (C=O) groups excluding carboxylic acids is 2. The number of rotatable bonds is 7. The van der Waals surface area contributed by atoms with E-state index in [4.69, 9.17) is 8.83 Å². The van der Waals surface area contributed by atoms with Crippen molar-refractivity contribution in [1.82, 2.24) is 9.80 Å². The fraction of sp³-hybridized carbons (Fsp3) is 0.368. The van der Waals surface area contributed by atoms with Crippen LogP contribution in [0.2, 0.25) is 0 Å². The summed E-state index contributed by atoms with van der Waals surface area (Å²) in [7, 11) is 3.89. The molecule has 7 heteroatoms. The van der Waals surface area contributed by atoms with Gasteiger partial charge in [0.25, 0.3) is 5.91 Å². The number of ketones is 1. The lowest BCUT2D eigenvalue weighted by Gasteiger charge is -2.25. The minimum Gasteiger partial charge on any atom is -0.503 e. The summed E-state index contributed by atoms with van der Waals surface area (Å²) in [6, 6.07) is 5.81. The lowest BCUT2D eigenvalue weighted by atomic mass is 9.99. The lowest BCUT2D eigenvalue weighted by molar-refractivity contribution is -0.129. The van der Waals surface area contributed by atoms with Gasteiger partial charge in [-0.25, -0.2) is 0 Å². The molecule has 0 aromatic carbocycles. The van der Waals surface area contributed by atoms with Gasteiger partial charge >= 0.3 is 0 Å². The highest BCUT2D eigenvalue weighted by Gasteiger charge is 2.45. The highest BCUT2D eigenvalue weighted by Crippen LogP contribution is 2.39. The first-order valence-corrected chi connectivity index (χ1v) is 8.43. The summed E-state index contributed by atoms with van der Waals surface area (Å²) in [6.07, 6.45) is 2.08. The third-order valence-corrected chi connectivity index (χ3v) is 4.33. The number of hydrogen-bond acceptors (Lipinski definition) is 6. The number of furan rings is 2. The van der Waals surface area contributed by atoms with E-state index in [1.807, 2.05) is 19.0 Å². The number of nitrogens with zero attached hydrogens (tertiary/aromatic N) is 2. The van der Waals surface area contributed by atoms with E-state index in [-0.39, 0.29) is 11.3 Å². The maximum absolute atomic E-state index is 12.8.